The third-order valence-electron chi connectivity index (χ3n) is 3.00. The van der Waals surface area contributed by atoms with Gasteiger partial charge in [-0.15, -0.1) is 0 Å². The zero-order chi connectivity index (χ0) is 16.1. The van der Waals surface area contributed by atoms with Crippen LogP contribution in [0.15, 0.2) is 54.6 Å². The Morgan fingerprint density at radius 3 is 1.46 bits per heavy atom. The second kappa shape index (κ2) is 10.6. The van der Waals surface area contributed by atoms with Crippen LogP contribution < -0.4 is 0 Å². The largest absolute Gasteiger partial charge is 0.478 e. The van der Waals surface area contributed by atoms with Gasteiger partial charge in [0.05, 0.1) is 11.1 Å². The molecule has 0 aliphatic carbocycles. The van der Waals surface area contributed by atoms with E-state index < -0.39 is 11.9 Å². The Bertz CT molecular complexity index is 750. The van der Waals surface area contributed by atoms with Gasteiger partial charge >= 0.3 is 11.9 Å². The maximum atomic E-state index is 11.9. The van der Waals surface area contributed by atoms with Gasteiger partial charge in [0, 0.05) is 64.7 Å². The fraction of sp³-hybridized carbons (Fsp3) is 0. The minimum atomic E-state index is -1.05. The van der Waals surface area contributed by atoms with E-state index in [1.54, 1.807) is 18.2 Å². The molecule has 2 radical (unpaired) electrons. The van der Waals surface area contributed by atoms with E-state index in [2.05, 4.69) is 0 Å². The van der Waals surface area contributed by atoms with Crippen molar-refractivity contribution in [3.05, 3.63) is 76.9 Å². The normalized spacial score (nSPS) is 9.67. The quantitative estimate of drug-likeness (QED) is 0.494. The summed E-state index contributed by atoms with van der Waals surface area (Å²) in [7, 11) is 0. The van der Waals surface area contributed by atoms with E-state index in [4.69, 9.17) is 10.2 Å². The Morgan fingerprint density at radius 1 is 0.667 bits per heavy atom. The van der Waals surface area contributed by atoms with Gasteiger partial charge in [0.1, 0.15) is 0 Å². The van der Waals surface area contributed by atoms with Crippen LogP contribution in [0.3, 0.4) is 0 Å². The predicted molar refractivity (Wildman–Crippen MR) is 91.7 cm³/mol. The molecule has 0 bridgehead atoms. The first-order chi connectivity index (χ1) is 10.5. The van der Waals surface area contributed by atoms with Crippen molar-refractivity contribution in [1.29, 1.82) is 0 Å². The average molecular weight is 342 g/mol. The first kappa shape index (κ1) is 22.8. The number of carboxylic acids is 2. The van der Waals surface area contributed by atoms with E-state index in [1.807, 2.05) is 0 Å². The summed E-state index contributed by atoms with van der Waals surface area (Å²) in [6.45, 7) is 0. The molecule has 0 saturated heterocycles. The molecule has 0 amide bonds. The summed E-state index contributed by atoms with van der Waals surface area (Å²) in [5.41, 5.74) is 1.36. The molecule has 112 valence electrons. The van der Waals surface area contributed by atoms with Crippen LogP contribution in [0.5, 0.6) is 0 Å². The number of hydrogen-bond acceptors (Lipinski definition) is 3. The van der Waals surface area contributed by atoms with Crippen LogP contribution in [0.25, 0.3) is 6.08 Å². The fourth-order valence-electron chi connectivity index (χ4n) is 1.78. The summed E-state index contributed by atoms with van der Waals surface area (Å²) < 4.78 is 0. The van der Waals surface area contributed by atoms with E-state index in [-0.39, 0.29) is 76.0 Å². The molecule has 0 heterocycles. The molecule has 2 aromatic carbocycles. The number of aromatic carboxylic acids is 2. The van der Waals surface area contributed by atoms with E-state index >= 15 is 0 Å². The first-order valence-corrected chi connectivity index (χ1v) is 6.36. The molecule has 0 saturated carbocycles. The van der Waals surface area contributed by atoms with Gasteiger partial charge in [-0.25, -0.2) is 9.59 Å². The molecule has 0 aromatic heterocycles. The molecule has 2 aromatic rings. The zero-order valence-electron chi connectivity index (χ0n) is 13.4. The Labute approximate surface area is 183 Å². The second-order valence-corrected chi connectivity index (χ2v) is 4.51. The van der Waals surface area contributed by atoms with Gasteiger partial charge in [0.2, 0.25) is 0 Å². The minimum Gasteiger partial charge on any atom is -0.478 e. The molecular weight excluding hydrogens is 330 g/mol. The van der Waals surface area contributed by atoms with Crippen molar-refractivity contribution in [3.63, 3.8) is 0 Å². The van der Waals surface area contributed by atoms with Gasteiger partial charge in [-0.2, -0.15) is 0 Å². The third kappa shape index (κ3) is 6.36. The number of ketones is 1. The Kier molecular flexibility index (Phi) is 10.1. The SMILES string of the molecule is O=C(O)c1ccc(/C=C/C(=O)c2ccc(C(=O)O)cc2)cc1.[Na].[Na]. The van der Waals surface area contributed by atoms with Crippen molar-refractivity contribution in [2.75, 3.05) is 0 Å². The van der Waals surface area contributed by atoms with E-state index in [9.17, 15) is 14.4 Å². The molecule has 0 fully saturated rings. The van der Waals surface area contributed by atoms with Crippen LogP contribution >= 0.6 is 0 Å². The van der Waals surface area contributed by atoms with Crippen LogP contribution in [0.1, 0.15) is 36.6 Å². The summed E-state index contributed by atoms with van der Waals surface area (Å²) in [4.78, 5) is 33.4. The Morgan fingerprint density at radius 2 is 1.04 bits per heavy atom. The van der Waals surface area contributed by atoms with Crippen molar-refractivity contribution in [2.45, 2.75) is 0 Å². The summed E-state index contributed by atoms with van der Waals surface area (Å²) in [5.74, 6) is -2.32. The topological polar surface area (TPSA) is 91.7 Å². The van der Waals surface area contributed by atoms with Crippen molar-refractivity contribution in [3.8, 4) is 0 Å². The minimum absolute atomic E-state index is 0. The number of allylic oxidation sites excluding steroid dienone is 1. The summed E-state index contributed by atoms with van der Waals surface area (Å²) in [6.07, 6.45) is 2.92. The fourth-order valence-corrected chi connectivity index (χ4v) is 1.78. The van der Waals surface area contributed by atoms with Gasteiger partial charge in [0.25, 0.3) is 0 Å². The Balaban J connectivity index is 0.00000264. The maximum Gasteiger partial charge on any atom is 0.335 e. The van der Waals surface area contributed by atoms with Crippen LogP contribution in [-0.4, -0.2) is 87.0 Å². The van der Waals surface area contributed by atoms with Crippen LogP contribution in [0.2, 0.25) is 0 Å². The number of benzene rings is 2. The number of rotatable bonds is 5. The summed E-state index contributed by atoms with van der Waals surface area (Å²) in [5, 5.41) is 17.6. The van der Waals surface area contributed by atoms with Gasteiger partial charge in [-0.1, -0.05) is 30.3 Å². The molecule has 7 heteroatoms. The van der Waals surface area contributed by atoms with Crippen LogP contribution in [-0.2, 0) is 0 Å². The molecule has 0 unspecified atom stereocenters. The number of carboxylic acid groups (broad SMARTS) is 2. The summed E-state index contributed by atoms with van der Waals surface area (Å²) >= 11 is 0. The van der Waals surface area contributed by atoms with Crippen molar-refractivity contribution < 1.29 is 24.6 Å². The second-order valence-electron chi connectivity index (χ2n) is 4.51. The van der Waals surface area contributed by atoms with E-state index in [0.717, 1.165) is 0 Å². The van der Waals surface area contributed by atoms with Gasteiger partial charge in [-0.3, -0.25) is 4.79 Å². The van der Waals surface area contributed by atoms with Gasteiger partial charge < -0.3 is 10.2 Å². The molecule has 0 aliphatic rings. The molecule has 0 aliphatic heterocycles. The van der Waals surface area contributed by atoms with Crippen molar-refractivity contribution >= 4 is 82.9 Å². The van der Waals surface area contributed by atoms with E-state index in [1.165, 1.54) is 42.5 Å². The monoisotopic (exact) mass is 342 g/mol. The molecular formula is C17H12Na2O5. The number of hydrogen-bond donors (Lipinski definition) is 2. The van der Waals surface area contributed by atoms with Crippen molar-refractivity contribution in [2.24, 2.45) is 0 Å². The smallest absolute Gasteiger partial charge is 0.335 e. The molecule has 2 rings (SSSR count). The van der Waals surface area contributed by atoms with Crippen LogP contribution in [0.4, 0.5) is 0 Å². The van der Waals surface area contributed by atoms with Gasteiger partial charge in [-0.05, 0) is 35.9 Å². The number of carbonyl (C=O) groups is 3. The molecule has 5 nitrogen and oxygen atoms in total. The third-order valence-corrected chi connectivity index (χ3v) is 3.00. The predicted octanol–water partition coefficient (Wildman–Crippen LogP) is 2.22. The molecule has 2 N–H and O–H groups in total. The maximum absolute atomic E-state index is 11.9. The molecule has 24 heavy (non-hydrogen) atoms. The van der Waals surface area contributed by atoms with Gasteiger partial charge in [0.15, 0.2) is 5.78 Å². The Hall–Kier alpha value is -1.21. The first-order valence-electron chi connectivity index (χ1n) is 6.36. The molecule has 0 atom stereocenters. The van der Waals surface area contributed by atoms with Crippen molar-refractivity contribution in [1.82, 2.24) is 0 Å². The standard InChI is InChI=1S/C17H12O5.2Na/c18-15(12-6-8-14(9-7-12)17(21)22)10-3-11-1-4-13(5-2-11)16(19)20;;/h1-10H,(H,19,20)(H,21,22);;/b10-3+;;. The number of carbonyl (C=O) groups excluding carboxylic acids is 1. The molecule has 0 spiro atoms. The summed E-state index contributed by atoms with van der Waals surface area (Å²) in [6, 6.07) is 11.7. The van der Waals surface area contributed by atoms with Crippen LogP contribution in [0, 0.1) is 0 Å². The zero-order valence-corrected chi connectivity index (χ0v) is 17.4. The average Bonchev–Trinajstić information content (AvgIpc) is 2.53. The van der Waals surface area contributed by atoms with E-state index in [0.29, 0.717) is 11.1 Å².